The highest BCUT2D eigenvalue weighted by atomic mass is 32.2. The lowest BCUT2D eigenvalue weighted by molar-refractivity contribution is 0.221. The first-order valence-electron chi connectivity index (χ1n) is 11.0. The number of nitrogens with zero attached hydrogens (tertiary/aromatic N) is 2. The fraction of sp³-hybridized carbons (Fsp3) is 0.417. The van der Waals surface area contributed by atoms with Crippen LogP contribution in [-0.4, -0.2) is 30.6 Å². The van der Waals surface area contributed by atoms with Gasteiger partial charge in [-0.25, -0.2) is 17.5 Å². The van der Waals surface area contributed by atoms with Crippen molar-refractivity contribution in [3.05, 3.63) is 59.7 Å². The third-order valence-electron chi connectivity index (χ3n) is 6.18. The summed E-state index contributed by atoms with van der Waals surface area (Å²) in [5, 5.41) is 5.01. The van der Waals surface area contributed by atoms with Gasteiger partial charge in [0.15, 0.2) is 0 Å². The zero-order chi connectivity index (χ0) is 22.5. The number of anilines is 1. The molecule has 32 heavy (non-hydrogen) atoms. The second-order valence-electron chi connectivity index (χ2n) is 9.39. The van der Waals surface area contributed by atoms with Crippen LogP contribution in [0.4, 0.5) is 10.1 Å². The molecule has 1 saturated carbocycles. The molecule has 0 aliphatic heterocycles. The first-order chi connectivity index (χ1) is 15.2. The number of hydrogen-bond donors (Lipinski definition) is 2. The molecule has 0 amide bonds. The van der Waals surface area contributed by atoms with Gasteiger partial charge in [0.2, 0.25) is 10.0 Å². The predicted octanol–water partition coefficient (Wildman–Crippen LogP) is 4.63. The maximum Gasteiger partial charge on any atom is 0.241 e. The predicted molar refractivity (Wildman–Crippen MR) is 123 cm³/mol. The third-order valence-corrected chi connectivity index (χ3v) is 7.62. The first kappa shape index (κ1) is 21.3. The Labute approximate surface area is 187 Å². The second kappa shape index (κ2) is 7.78. The van der Waals surface area contributed by atoms with Crippen LogP contribution in [0.1, 0.15) is 61.9 Å². The molecular formula is C24H27FN4O2S. The van der Waals surface area contributed by atoms with Crippen molar-refractivity contribution < 1.29 is 12.8 Å². The van der Waals surface area contributed by atoms with E-state index in [1.165, 1.54) is 13.8 Å². The molecule has 3 aromatic rings. The van der Waals surface area contributed by atoms with Crippen LogP contribution in [0, 0.1) is 0 Å². The van der Waals surface area contributed by atoms with E-state index in [1.54, 1.807) is 18.5 Å². The van der Waals surface area contributed by atoms with E-state index in [0.29, 0.717) is 11.3 Å². The van der Waals surface area contributed by atoms with Gasteiger partial charge < -0.3 is 5.32 Å². The Morgan fingerprint density at radius 1 is 1.16 bits per heavy atom. The molecule has 6 nitrogen and oxygen atoms in total. The largest absolute Gasteiger partial charge is 0.377 e. The molecule has 2 aliphatic carbocycles. The lowest BCUT2D eigenvalue weighted by Gasteiger charge is -2.20. The van der Waals surface area contributed by atoms with Crippen LogP contribution < -0.4 is 10.0 Å². The second-order valence-corrected chi connectivity index (χ2v) is 11.1. The Bertz CT molecular complexity index is 1270. The van der Waals surface area contributed by atoms with Crippen molar-refractivity contribution in [3.8, 4) is 0 Å². The minimum atomic E-state index is -3.92. The van der Waals surface area contributed by atoms with Crippen molar-refractivity contribution in [2.45, 2.75) is 62.1 Å². The lowest BCUT2D eigenvalue weighted by Crippen LogP contribution is -2.35. The van der Waals surface area contributed by atoms with Gasteiger partial charge in [-0.15, -0.1) is 0 Å². The molecular weight excluding hydrogens is 427 g/mol. The van der Waals surface area contributed by atoms with Gasteiger partial charge in [0.1, 0.15) is 5.67 Å². The minimum Gasteiger partial charge on any atom is -0.377 e. The number of hydrogen-bond acceptors (Lipinski definition) is 5. The van der Waals surface area contributed by atoms with Crippen LogP contribution >= 0.6 is 0 Å². The molecule has 2 aliphatic rings. The highest BCUT2D eigenvalue weighted by Gasteiger charge is 2.32. The summed E-state index contributed by atoms with van der Waals surface area (Å²) in [5.41, 5.74) is 2.24. The van der Waals surface area contributed by atoms with Crippen LogP contribution in [0.5, 0.6) is 0 Å². The van der Waals surface area contributed by atoms with Gasteiger partial charge in [-0.1, -0.05) is 0 Å². The molecule has 0 bridgehead atoms. The smallest absolute Gasteiger partial charge is 0.241 e. The molecule has 0 spiro atoms. The van der Waals surface area contributed by atoms with Gasteiger partial charge in [-0.3, -0.25) is 9.97 Å². The number of sulfonamides is 1. The summed E-state index contributed by atoms with van der Waals surface area (Å²) in [6, 6.07) is 7.46. The molecule has 1 aromatic carbocycles. The normalized spacial score (nSPS) is 18.7. The number of aromatic nitrogens is 2. The van der Waals surface area contributed by atoms with Gasteiger partial charge >= 0.3 is 0 Å². The summed E-state index contributed by atoms with van der Waals surface area (Å²) in [7, 11) is -3.92. The third kappa shape index (κ3) is 4.21. The molecule has 1 atom stereocenters. The first-order valence-corrected chi connectivity index (χ1v) is 12.5. The number of benzene rings is 1. The SMILES string of the molecule is CC(C)(F)CNS(=O)(=O)c1cc2c(c3cnc(C4CC4)cc13)CCC2Nc1cccnc1. The lowest BCUT2D eigenvalue weighted by atomic mass is 10.00. The van der Waals surface area contributed by atoms with Crippen molar-refractivity contribution in [2.24, 2.45) is 0 Å². The topological polar surface area (TPSA) is 84.0 Å². The average Bonchev–Trinajstić information content (AvgIpc) is 3.53. The van der Waals surface area contributed by atoms with Gasteiger partial charge in [0, 0.05) is 47.5 Å². The van der Waals surface area contributed by atoms with Crippen molar-refractivity contribution in [1.82, 2.24) is 14.7 Å². The van der Waals surface area contributed by atoms with Crippen molar-refractivity contribution >= 4 is 26.5 Å². The highest BCUT2D eigenvalue weighted by molar-refractivity contribution is 7.89. The molecule has 5 rings (SSSR count). The van der Waals surface area contributed by atoms with E-state index in [4.69, 9.17) is 0 Å². The Morgan fingerprint density at radius 2 is 1.97 bits per heavy atom. The minimum absolute atomic E-state index is 0.0340. The maximum atomic E-state index is 14.1. The quantitative estimate of drug-likeness (QED) is 0.544. The fourth-order valence-corrected chi connectivity index (χ4v) is 5.81. The zero-order valence-corrected chi connectivity index (χ0v) is 19.0. The van der Waals surface area contributed by atoms with Gasteiger partial charge in [-0.05, 0) is 74.9 Å². The van der Waals surface area contributed by atoms with Gasteiger partial charge in [0.05, 0.1) is 16.6 Å². The van der Waals surface area contributed by atoms with Gasteiger partial charge in [0.25, 0.3) is 0 Å². The zero-order valence-electron chi connectivity index (χ0n) is 18.2. The summed E-state index contributed by atoms with van der Waals surface area (Å²) >= 11 is 0. The molecule has 0 saturated heterocycles. The standard InChI is InChI=1S/C24H27FN4O2S/c1-24(2,25)14-28-32(30,31)23-11-18-17(7-8-21(18)29-16-4-3-9-26-12-16)20-13-27-22(10-19(20)23)15-5-6-15/h3-4,9-13,15,21,28-29H,5-8,14H2,1-2H3. The highest BCUT2D eigenvalue weighted by Crippen LogP contribution is 2.44. The average molecular weight is 455 g/mol. The summed E-state index contributed by atoms with van der Waals surface area (Å²) < 4.78 is 43.2. The van der Waals surface area contributed by atoms with Crippen LogP contribution in [-0.2, 0) is 16.4 Å². The van der Waals surface area contributed by atoms with E-state index in [-0.39, 0.29) is 17.5 Å². The molecule has 8 heteroatoms. The van der Waals surface area contributed by atoms with Crippen molar-refractivity contribution in [2.75, 3.05) is 11.9 Å². The number of rotatable bonds is 7. The van der Waals surface area contributed by atoms with E-state index < -0.39 is 15.7 Å². The van der Waals surface area contributed by atoms with Crippen LogP contribution in [0.25, 0.3) is 10.8 Å². The molecule has 0 radical (unpaired) electrons. The molecule has 1 unspecified atom stereocenters. The van der Waals surface area contributed by atoms with Gasteiger partial charge in [-0.2, -0.15) is 0 Å². The van der Waals surface area contributed by atoms with E-state index in [0.717, 1.165) is 53.6 Å². The number of aryl methyl sites for hydroxylation is 1. The van der Waals surface area contributed by atoms with Crippen molar-refractivity contribution in [3.63, 3.8) is 0 Å². The Morgan fingerprint density at radius 3 is 2.66 bits per heavy atom. The molecule has 2 heterocycles. The number of fused-ring (bicyclic) bond motifs is 3. The monoisotopic (exact) mass is 454 g/mol. The van der Waals surface area contributed by atoms with Crippen LogP contribution in [0.15, 0.2) is 47.8 Å². The fourth-order valence-electron chi connectivity index (χ4n) is 4.38. The summed E-state index contributed by atoms with van der Waals surface area (Å²) in [6.45, 7) is 2.43. The molecule has 168 valence electrons. The summed E-state index contributed by atoms with van der Waals surface area (Å²) in [6.07, 6.45) is 9.13. The van der Waals surface area contributed by atoms with E-state index in [2.05, 4.69) is 20.0 Å². The van der Waals surface area contributed by atoms with E-state index in [9.17, 15) is 12.8 Å². The Hall–Kier alpha value is -2.58. The molecule has 2 N–H and O–H groups in total. The Balaban J connectivity index is 1.62. The van der Waals surface area contributed by atoms with Crippen molar-refractivity contribution in [1.29, 1.82) is 0 Å². The number of alkyl halides is 1. The maximum absolute atomic E-state index is 14.1. The van der Waals surface area contributed by atoms with E-state index >= 15 is 0 Å². The number of halogens is 1. The number of nitrogens with one attached hydrogen (secondary N) is 2. The summed E-state index contributed by atoms with van der Waals surface area (Å²) in [4.78, 5) is 9.01. The Kier molecular flexibility index (Phi) is 5.17. The van der Waals surface area contributed by atoms with Crippen LogP contribution in [0.3, 0.4) is 0 Å². The van der Waals surface area contributed by atoms with Crippen LogP contribution in [0.2, 0.25) is 0 Å². The summed E-state index contributed by atoms with van der Waals surface area (Å²) in [5.74, 6) is 0.404. The number of pyridine rings is 2. The molecule has 1 fully saturated rings. The van der Waals surface area contributed by atoms with E-state index in [1.807, 2.05) is 24.4 Å². The molecule has 2 aromatic heterocycles.